The summed E-state index contributed by atoms with van der Waals surface area (Å²) in [5, 5.41) is 61.5. The second kappa shape index (κ2) is 24.1. The van der Waals surface area contributed by atoms with E-state index >= 15 is 0 Å². The van der Waals surface area contributed by atoms with Gasteiger partial charge in [-0.3, -0.25) is 34.1 Å². The van der Waals surface area contributed by atoms with E-state index in [0.29, 0.717) is 5.06 Å². The number of thioether (sulfide) groups is 1. The molecule has 65 heavy (non-hydrogen) atoms. The van der Waals surface area contributed by atoms with E-state index in [1.165, 1.54) is 53.1 Å². The standard InChI is InChI=1S/C42H54N4O18S/c1-42(2)36(39(56)57)46-37(55)33(38(46)65-42)43-29(49)13-3-4-17-45(60)30(50)16-18-44(19-23-61-31(51)14-7-21-63-40(58)25-9-5-11-27(47)34(25)53)20-24-62-32(52)15-8-22-64-41(59)26-10-6-12-28(48)35(26)54/h5-6,9-12,33,36,38,47-48,53-54,60H,3-4,7-8,13-24H2,1-2H3,(H,43,49)(H,56,57)/t33-,36+,38-/m1/s1. The molecule has 0 spiro atoms. The number of carboxylic acids is 1. The first-order valence-electron chi connectivity index (χ1n) is 20.7. The lowest BCUT2D eigenvalue weighted by Crippen LogP contribution is -2.70. The van der Waals surface area contributed by atoms with Gasteiger partial charge in [-0.05, 0) is 63.8 Å². The van der Waals surface area contributed by atoms with Crippen LogP contribution in [-0.4, -0.2) is 168 Å². The maximum Gasteiger partial charge on any atom is 0.342 e. The number of aliphatic carboxylic acids is 1. The van der Waals surface area contributed by atoms with Crippen molar-refractivity contribution in [1.82, 2.24) is 20.2 Å². The summed E-state index contributed by atoms with van der Waals surface area (Å²) < 4.78 is 19.9. The van der Waals surface area contributed by atoms with Gasteiger partial charge in [0.1, 0.15) is 41.8 Å². The molecule has 3 atom stereocenters. The highest BCUT2D eigenvalue weighted by molar-refractivity contribution is 8.01. The highest BCUT2D eigenvalue weighted by Gasteiger charge is 2.64. The molecule has 4 rings (SSSR count). The minimum Gasteiger partial charge on any atom is -0.504 e. The molecule has 2 aliphatic rings. The van der Waals surface area contributed by atoms with E-state index < -0.39 is 92.8 Å². The molecule has 0 aliphatic carbocycles. The Hall–Kier alpha value is -6.33. The molecule has 7 N–H and O–H groups in total. The lowest BCUT2D eigenvalue weighted by Gasteiger charge is -2.43. The Morgan fingerprint density at radius 2 is 1.22 bits per heavy atom. The van der Waals surface area contributed by atoms with E-state index in [1.807, 2.05) is 0 Å². The minimum absolute atomic E-state index is 0.0102. The first kappa shape index (κ1) is 51.3. The number of phenolic OH excluding ortho intramolecular Hbond substituents is 4. The summed E-state index contributed by atoms with van der Waals surface area (Å²) in [6.45, 7) is 2.86. The van der Waals surface area contributed by atoms with Gasteiger partial charge in [0.25, 0.3) is 0 Å². The number of unbranched alkanes of at least 4 members (excludes halogenated alkanes) is 1. The highest BCUT2D eigenvalue weighted by Crippen LogP contribution is 2.50. The zero-order valence-electron chi connectivity index (χ0n) is 35.8. The number of aromatic hydroxyl groups is 4. The number of nitrogens with zero attached hydrogens (tertiary/aromatic N) is 3. The van der Waals surface area contributed by atoms with Crippen molar-refractivity contribution in [2.24, 2.45) is 0 Å². The topological polar surface area (TPSA) is 317 Å². The Balaban J connectivity index is 1.17. The van der Waals surface area contributed by atoms with Crippen molar-refractivity contribution in [1.29, 1.82) is 0 Å². The summed E-state index contributed by atoms with van der Waals surface area (Å²) in [6.07, 6.45) is 0.176. The maximum atomic E-state index is 12.8. The molecule has 2 heterocycles. The number of nitrogens with one attached hydrogen (secondary N) is 1. The molecule has 23 heteroatoms. The van der Waals surface area contributed by atoms with Crippen molar-refractivity contribution >= 4 is 59.3 Å². The number of hydrogen-bond acceptors (Lipinski definition) is 19. The second-order valence-electron chi connectivity index (χ2n) is 15.5. The van der Waals surface area contributed by atoms with Gasteiger partial charge in [0.15, 0.2) is 23.0 Å². The van der Waals surface area contributed by atoms with Crippen LogP contribution >= 0.6 is 11.8 Å². The van der Waals surface area contributed by atoms with Crippen LogP contribution in [0.3, 0.4) is 0 Å². The second-order valence-corrected chi connectivity index (χ2v) is 17.2. The number of para-hydroxylation sites is 2. The van der Waals surface area contributed by atoms with E-state index in [1.54, 1.807) is 18.7 Å². The molecule has 3 amide bonds. The van der Waals surface area contributed by atoms with Crippen LogP contribution < -0.4 is 5.32 Å². The van der Waals surface area contributed by atoms with Gasteiger partial charge in [0.2, 0.25) is 17.7 Å². The molecule has 0 radical (unpaired) electrons. The Kier molecular flexibility index (Phi) is 19.0. The SMILES string of the molecule is CC1(C)S[C@@H]2[C@H](NC(=O)CCCCN(O)C(=O)CCN(CCOC(=O)CCCOC(=O)c3cccc(O)c3O)CCOC(=O)CCCOC(=O)c3cccc(O)c3O)C(=O)N2[C@H]1C(=O)O. The van der Waals surface area contributed by atoms with E-state index in [0.717, 1.165) is 0 Å². The number of β-lactam (4-membered cyclic amide) rings is 1. The third-order valence-corrected chi connectivity index (χ3v) is 11.8. The van der Waals surface area contributed by atoms with Gasteiger partial charge in [-0.1, -0.05) is 12.1 Å². The molecule has 2 saturated heterocycles. The zero-order valence-corrected chi connectivity index (χ0v) is 36.7. The summed E-state index contributed by atoms with van der Waals surface area (Å²) in [5.74, 6) is -8.01. The van der Waals surface area contributed by atoms with Crippen molar-refractivity contribution < 1.29 is 88.0 Å². The lowest BCUT2D eigenvalue weighted by molar-refractivity contribution is -0.166. The molecule has 356 valence electrons. The first-order valence-corrected chi connectivity index (χ1v) is 21.6. The molecule has 0 unspecified atom stereocenters. The van der Waals surface area contributed by atoms with E-state index in [4.69, 9.17) is 18.9 Å². The van der Waals surface area contributed by atoms with Crippen LogP contribution in [0.4, 0.5) is 0 Å². The average Bonchev–Trinajstić information content (AvgIpc) is 3.52. The molecule has 2 fully saturated rings. The number of hydrogen-bond donors (Lipinski definition) is 7. The number of benzene rings is 2. The van der Waals surface area contributed by atoms with Gasteiger partial charge in [0.05, 0.1) is 13.2 Å². The number of rotatable bonds is 26. The minimum atomic E-state index is -1.12. The maximum absolute atomic E-state index is 12.8. The van der Waals surface area contributed by atoms with Gasteiger partial charge in [-0.15, -0.1) is 11.8 Å². The van der Waals surface area contributed by atoms with Crippen LogP contribution in [0.15, 0.2) is 36.4 Å². The van der Waals surface area contributed by atoms with Crippen molar-refractivity contribution in [3.63, 3.8) is 0 Å². The molecule has 2 aromatic rings. The van der Waals surface area contributed by atoms with Crippen LogP contribution in [0.5, 0.6) is 23.0 Å². The fraction of sp³-hybridized carbons (Fsp3) is 0.524. The van der Waals surface area contributed by atoms with Crippen molar-refractivity contribution in [3.05, 3.63) is 47.5 Å². The van der Waals surface area contributed by atoms with Gasteiger partial charge >= 0.3 is 29.8 Å². The number of phenols is 4. The number of carbonyl (C=O) groups is 8. The van der Waals surface area contributed by atoms with Crippen molar-refractivity contribution in [3.8, 4) is 23.0 Å². The van der Waals surface area contributed by atoms with Gasteiger partial charge in [-0.25, -0.2) is 19.4 Å². The quantitative estimate of drug-likeness (QED) is 0.0135. The summed E-state index contributed by atoms with van der Waals surface area (Å²) in [5.41, 5.74) is -0.494. The summed E-state index contributed by atoms with van der Waals surface area (Å²) in [7, 11) is 0. The lowest BCUT2D eigenvalue weighted by atomic mass is 9.96. The Labute approximate surface area is 377 Å². The zero-order chi connectivity index (χ0) is 47.8. The Morgan fingerprint density at radius 3 is 1.72 bits per heavy atom. The van der Waals surface area contributed by atoms with Crippen molar-refractivity contribution in [2.45, 2.75) is 87.4 Å². The predicted octanol–water partition coefficient (Wildman–Crippen LogP) is 1.88. The number of carbonyl (C=O) groups excluding carboxylic acids is 7. The molecular formula is C42H54N4O18S. The highest BCUT2D eigenvalue weighted by atomic mass is 32.2. The number of hydroxylamine groups is 2. The predicted molar refractivity (Wildman–Crippen MR) is 225 cm³/mol. The molecule has 0 saturated carbocycles. The molecular weight excluding hydrogens is 881 g/mol. The number of carboxylic acid groups (broad SMARTS) is 1. The first-order chi connectivity index (χ1) is 30.8. The smallest absolute Gasteiger partial charge is 0.342 e. The normalized spacial score (nSPS) is 17.1. The van der Waals surface area contributed by atoms with Crippen molar-refractivity contribution in [2.75, 3.05) is 52.6 Å². The summed E-state index contributed by atoms with van der Waals surface area (Å²) in [6, 6.07) is 5.74. The largest absolute Gasteiger partial charge is 0.504 e. The third-order valence-electron chi connectivity index (χ3n) is 10.3. The van der Waals surface area contributed by atoms with E-state index in [2.05, 4.69) is 5.32 Å². The van der Waals surface area contributed by atoms with E-state index in [-0.39, 0.29) is 115 Å². The Bertz CT molecular complexity index is 1980. The van der Waals surface area contributed by atoms with Gasteiger partial charge in [-0.2, -0.15) is 0 Å². The number of fused-ring (bicyclic) bond motifs is 1. The van der Waals surface area contributed by atoms with E-state index in [9.17, 15) is 69.1 Å². The average molecular weight is 935 g/mol. The summed E-state index contributed by atoms with van der Waals surface area (Å²) in [4.78, 5) is 102. The number of amides is 3. The van der Waals surface area contributed by atoms with Crippen LogP contribution in [0.2, 0.25) is 0 Å². The molecule has 2 aromatic carbocycles. The summed E-state index contributed by atoms with van der Waals surface area (Å²) >= 11 is 1.30. The van der Waals surface area contributed by atoms with Crippen LogP contribution in [-0.2, 0) is 47.7 Å². The molecule has 22 nitrogen and oxygen atoms in total. The fourth-order valence-corrected chi connectivity index (χ4v) is 8.44. The van der Waals surface area contributed by atoms with Crippen LogP contribution in [0, 0.1) is 0 Å². The van der Waals surface area contributed by atoms with Crippen LogP contribution in [0.1, 0.15) is 85.9 Å². The molecule has 2 aliphatic heterocycles. The van der Waals surface area contributed by atoms with Gasteiger partial charge in [0, 0.05) is 56.6 Å². The van der Waals surface area contributed by atoms with Crippen LogP contribution in [0.25, 0.3) is 0 Å². The third kappa shape index (κ3) is 14.6. The molecule has 0 bridgehead atoms. The monoisotopic (exact) mass is 934 g/mol. The van der Waals surface area contributed by atoms with Gasteiger partial charge < -0.3 is 54.7 Å². The molecule has 0 aromatic heterocycles. The number of esters is 4. The fourth-order valence-electron chi connectivity index (χ4n) is 6.81. The number of ether oxygens (including phenoxy) is 4. The Morgan fingerprint density at radius 1 is 0.692 bits per heavy atom.